The summed E-state index contributed by atoms with van der Waals surface area (Å²) < 4.78 is 7.22. The van der Waals surface area contributed by atoms with Crippen molar-refractivity contribution in [2.45, 2.75) is 25.7 Å². The Labute approximate surface area is 214 Å². The standard InChI is InChI=1S/C27H27ClN6O2/c1-17-23-25(32-13-15-33(16-14-32)27(35)21-5-3-4-6-22(21)28)29-24(18-7-8-18)30-26(23)34(31-17)19-9-11-20(36-2)12-10-19/h3-6,9-12,18H,7-8,13-16H2,1-2H3. The third-order valence-corrected chi connectivity index (χ3v) is 7.26. The molecule has 0 unspecified atom stereocenters. The number of piperazine rings is 1. The predicted molar refractivity (Wildman–Crippen MR) is 139 cm³/mol. The van der Waals surface area contributed by atoms with Gasteiger partial charge in [0, 0.05) is 32.1 Å². The summed E-state index contributed by atoms with van der Waals surface area (Å²) in [5.41, 5.74) is 3.17. The van der Waals surface area contributed by atoms with Gasteiger partial charge in [0.2, 0.25) is 0 Å². The number of aryl methyl sites for hydroxylation is 1. The molecule has 1 aliphatic heterocycles. The van der Waals surface area contributed by atoms with Crippen LogP contribution in [0.1, 0.15) is 40.6 Å². The molecule has 4 aromatic rings. The average Bonchev–Trinajstić information content (AvgIpc) is 3.72. The largest absolute Gasteiger partial charge is 0.497 e. The zero-order valence-corrected chi connectivity index (χ0v) is 21.1. The molecule has 1 aliphatic carbocycles. The van der Waals surface area contributed by atoms with Crippen LogP contribution in [0.5, 0.6) is 5.75 Å². The SMILES string of the molecule is COc1ccc(-n2nc(C)c3c(N4CCN(C(=O)c5ccccc5Cl)CC4)nc(C4CC4)nc32)cc1. The fraction of sp³-hybridized carbons (Fsp3) is 0.333. The number of carbonyl (C=O) groups excluding carboxylic acids is 1. The van der Waals surface area contributed by atoms with Crippen molar-refractivity contribution in [2.75, 3.05) is 38.2 Å². The van der Waals surface area contributed by atoms with Gasteiger partial charge >= 0.3 is 0 Å². The zero-order valence-electron chi connectivity index (χ0n) is 20.3. The number of methoxy groups -OCH3 is 1. The van der Waals surface area contributed by atoms with Gasteiger partial charge in [0.15, 0.2) is 5.65 Å². The molecule has 3 heterocycles. The van der Waals surface area contributed by atoms with E-state index in [0.717, 1.165) is 52.6 Å². The average molecular weight is 503 g/mol. The Balaban J connectivity index is 1.33. The van der Waals surface area contributed by atoms with Gasteiger partial charge in [-0.2, -0.15) is 5.10 Å². The molecule has 8 nitrogen and oxygen atoms in total. The highest BCUT2D eigenvalue weighted by molar-refractivity contribution is 6.33. The van der Waals surface area contributed by atoms with Crippen molar-refractivity contribution in [3.8, 4) is 11.4 Å². The van der Waals surface area contributed by atoms with Crippen molar-refractivity contribution < 1.29 is 9.53 Å². The number of rotatable bonds is 5. The number of benzene rings is 2. The molecule has 6 rings (SSSR count). The first kappa shape index (κ1) is 22.8. The molecule has 0 radical (unpaired) electrons. The number of nitrogens with zero attached hydrogens (tertiary/aromatic N) is 6. The molecular weight excluding hydrogens is 476 g/mol. The van der Waals surface area contributed by atoms with E-state index in [4.69, 9.17) is 31.4 Å². The van der Waals surface area contributed by atoms with E-state index in [-0.39, 0.29) is 5.91 Å². The Morgan fingerprint density at radius 1 is 1.00 bits per heavy atom. The van der Waals surface area contributed by atoms with Gasteiger partial charge in [0.05, 0.1) is 34.5 Å². The number of amides is 1. The van der Waals surface area contributed by atoms with E-state index in [9.17, 15) is 4.79 Å². The van der Waals surface area contributed by atoms with Gasteiger partial charge in [-0.25, -0.2) is 14.6 Å². The highest BCUT2D eigenvalue weighted by atomic mass is 35.5. The minimum atomic E-state index is -0.0322. The number of carbonyl (C=O) groups is 1. The monoisotopic (exact) mass is 502 g/mol. The lowest BCUT2D eigenvalue weighted by atomic mass is 10.1. The van der Waals surface area contributed by atoms with E-state index in [2.05, 4.69) is 4.90 Å². The summed E-state index contributed by atoms with van der Waals surface area (Å²) in [6.45, 7) is 4.56. The van der Waals surface area contributed by atoms with Crippen LogP contribution in [0.15, 0.2) is 48.5 Å². The maximum Gasteiger partial charge on any atom is 0.255 e. The third kappa shape index (κ3) is 4.05. The molecule has 2 aromatic heterocycles. The molecule has 0 spiro atoms. The Morgan fingerprint density at radius 3 is 2.39 bits per heavy atom. The molecule has 1 saturated heterocycles. The maximum atomic E-state index is 13.1. The van der Waals surface area contributed by atoms with E-state index in [1.807, 2.05) is 52.9 Å². The number of ether oxygens (including phenoxy) is 1. The molecular formula is C27H27ClN6O2. The lowest BCUT2D eigenvalue weighted by molar-refractivity contribution is 0.0746. The summed E-state index contributed by atoms with van der Waals surface area (Å²) in [6.07, 6.45) is 2.22. The van der Waals surface area contributed by atoms with Crippen molar-refractivity contribution in [3.63, 3.8) is 0 Å². The first-order chi connectivity index (χ1) is 17.5. The van der Waals surface area contributed by atoms with Gasteiger partial charge in [0.1, 0.15) is 17.4 Å². The smallest absolute Gasteiger partial charge is 0.255 e. The molecule has 0 atom stereocenters. The molecule has 0 bridgehead atoms. The third-order valence-electron chi connectivity index (χ3n) is 6.93. The van der Waals surface area contributed by atoms with Crippen molar-refractivity contribution in [1.29, 1.82) is 0 Å². The number of halogens is 1. The molecule has 2 fully saturated rings. The molecule has 1 amide bonds. The fourth-order valence-corrected chi connectivity index (χ4v) is 4.98. The van der Waals surface area contributed by atoms with Crippen LogP contribution < -0.4 is 9.64 Å². The van der Waals surface area contributed by atoms with Crippen LogP contribution in [0.4, 0.5) is 5.82 Å². The number of anilines is 1. The quantitative estimate of drug-likeness (QED) is 0.396. The summed E-state index contributed by atoms with van der Waals surface area (Å²) in [6, 6.07) is 15.0. The number of fused-ring (bicyclic) bond motifs is 1. The Morgan fingerprint density at radius 2 is 1.72 bits per heavy atom. The Kier molecular flexibility index (Phi) is 5.76. The second-order valence-corrected chi connectivity index (χ2v) is 9.74. The summed E-state index contributed by atoms with van der Waals surface area (Å²) in [5, 5.41) is 6.30. The van der Waals surface area contributed by atoms with Crippen LogP contribution >= 0.6 is 11.6 Å². The van der Waals surface area contributed by atoms with E-state index in [1.54, 1.807) is 19.2 Å². The highest BCUT2D eigenvalue weighted by Gasteiger charge is 2.32. The van der Waals surface area contributed by atoms with Crippen LogP contribution in [0, 0.1) is 6.92 Å². The second-order valence-electron chi connectivity index (χ2n) is 9.33. The summed E-state index contributed by atoms with van der Waals surface area (Å²) in [5.74, 6) is 2.95. The van der Waals surface area contributed by atoms with E-state index < -0.39 is 0 Å². The lowest BCUT2D eigenvalue weighted by Gasteiger charge is -2.36. The van der Waals surface area contributed by atoms with Crippen molar-refractivity contribution in [2.24, 2.45) is 0 Å². The predicted octanol–water partition coefficient (Wildman–Crippen LogP) is 4.63. The van der Waals surface area contributed by atoms with Crippen molar-refractivity contribution in [3.05, 3.63) is 70.6 Å². The van der Waals surface area contributed by atoms with Gasteiger partial charge < -0.3 is 14.5 Å². The molecule has 184 valence electrons. The first-order valence-electron chi connectivity index (χ1n) is 12.2. The summed E-state index contributed by atoms with van der Waals surface area (Å²) in [7, 11) is 1.66. The van der Waals surface area contributed by atoms with Crippen molar-refractivity contribution >= 4 is 34.4 Å². The van der Waals surface area contributed by atoms with Gasteiger partial charge in [-0.15, -0.1) is 0 Å². The van der Waals surface area contributed by atoms with E-state index >= 15 is 0 Å². The van der Waals surface area contributed by atoms with E-state index in [0.29, 0.717) is 42.7 Å². The van der Waals surface area contributed by atoms with E-state index in [1.165, 1.54) is 0 Å². The zero-order chi connectivity index (χ0) is 24.8. The second kappa shape index (κ2) is 9.09. The Hall–Kier alpha value is -3.65. The highest BCUT2D eigenvalue weighted by Crippen LogP contribution is 2.40. The van der Waals surface area contributed by atoms with Gasteiger partial charge in [-0.05, 0) is 56.2 Å². The van der Waals surface area contributed by atoms with Crippen LogP contribution in [-0.4, -0.2) is 63.8 Å². The molecule has 2 aliphatic rings. The van der Waals surface area contributed by atoms with Crippen molar-refractivity contribution in [1.82, 2.24) is 24.6 Å². The topological polar surface area (TPSA) is 76.4 Å². The molecule has 0 N–H and O–H groups in total. The summed E-state index contributed by atoms with van der Waals surface area (Å²) >= 11 is 6.28. The van der Waals surface area contributed by atoms with Crippen LogP contribution in [0.25, 0.3) is 16.7 Å². The van der Waals surface area contributed by atoms with Gasteiger partial charge in [-0.3, -0.25) is 4.79 Å². The van der Waals surface area contributed by atoms with Crippen LogP contribution in [-0.2, 0) is 0 Å². The number of hydrogen-bond acceptors (Lipinski definition) is 6. The summed E-state index contributed by atoms with van der Waals surface area (Å²) in [4.78, 5) is 27.2. The van der Waals surface area contributed by atoms with Crippen LogP contribution in [0.2, 0.25) is 5.02 Å². The molecule has 1 saturated carbocycles. The van der Waals surface area contributed by atoms with Gasteiger partial charge in [0.25, 0.3) is 5.91 Å². The molecule has 2 aromatic carbocycles. The Bertz CT molecular complexity index is 1440. The molecule has 9 heteroatoms. The maximum absolute atomic E-state index is 13.1. The minimum Gasteiger partial charge on any atom is -0.497 e. The molecule has 36 heavy (non-hydrogen) atoms. The van der Waals surface area contributed by atoms with Crippen LogP contribution in [0.3, 0.4) is 0 Å². The normalized spacial score (nSPS) is 16.0. The first-order valence-corrected chi connectivity index (χ1v) is 12.6. The fourth-order valence-electron chi connectivity index (χ4n) is 4.76. The lowest BCUT2D eigenvalue weighted by Crippen LogP contribution is -2.49. The number of aromatic nitrogens is 4. The number of hydrogen-bond donors (Lipinski definition) is 0. The minimum absolute atomic E-state index is 0.0322. The van der Waals surface area contributed by atoms with Gasteiger partial charge in [-0.1, -0.05) is 23.7 Å².